The van der Waals surface area contributed by atoms with Crippen LogP contribution in [0.2, 0.25) is 0 Å². The summed E-state index contributed by atoms with van der Waals surface area (Å²) in [6, 6.07) is 25.2. The van der Waals surface area contributed by atoms with Crippen LogP contribution in [0.4, 0.5) is 5.69 Å². The van der Waals surface area contributed by atoms with Gasteiger partial charge in [-0.25, -0.2) is 0 Å². The summed E-state index contributed by atoms with van der Waals surface area (Å²) in [5.41, 5.74) is 4.22. The maximum absolute atomic E-state index is 13.1. The van der Waals surface area contributed by atoms with Crippen LogP contribution < -0.4 is 10.6 Å². The minimum Gasteiger partial charge on any atom is -0.382 e. The zero-order valence-electron chi connectivity index (χ0n) is 19.5. The topological polar surface area (TPSA) is 70.7 Å². The second kappa shape index (κ2) is 11.5. The van der Waals surface area contributed by atoms with Crippen molar-refractivity contribution in [1.82, 2.24) is 10.2 Å². The highest BCUT2D eigenvalue weighted by Crippen LogP contribution is 2.34. The van der Waals surface area contributed by atoms with Crippen LogP contribution >= 0.6 is 0 Å². The molecule has 1 atom stereocenters. The van der Waals surface area contributed by atoms with Crippen molar-refractivity contribution in [3.05, 3.63) is 101 Å². The number of hydrogen-bond donors (Lipinski definition) is 2. The lowest BCUT2D eigenvalue weighted by molar-refractivity contribution is 0.0708. The van der Waals surface area contributed by atoms with Crippen molar-refractivity contribution in [2.75, 3.05) is 31.6 Å². The van der Waals surface area contributed by atoms with Crippen molar-refractivity contribution in [3.63, 3.8) is 0 Å². The number of benzene rings is 3. The Labute approximate surface area is 200 Å². The van der Waals surface area contributed by atoms with Crippen LogP contribution in [-0.4, -0.2) is 43.0 Å². The summed E-state index contributed by atoms with van der Waals surface area (Å²) in [5.74, 6) is -0.101. The number of carbonyl (C=O) groups excluding carboxylic acids is 2. The lowest BCUT2D eigenvalue weighted by Gasteiger charge is -2.27. The summed E-state index contributed by atoms with van der Waals surface area (Å²) in [4.78, 5) is 27.6. The summed E-state index contributed by atoms with van der Waals surface area (Å²) in [5, 5.41) is 6.47. The Morgan fingerprint density at radius 2 is 1.79 bits per heavy atom. The Hall–Kier alpha value is -3.64. The zero-order valence-corrected chi connectivity index (χ0v) is 19.5. The van der Waals surface area contributed by atoms with Gasteiger partial charge < -0.3 is 20.3 Å². The number of nitrogens with zero attached hydrogens (tertiary/aromatic N) is 1. The molecule has 0 saturated carbocycles. The smallest absolute Gasteiger partial charge is 0.256 e. The van der Waals surface area contributed by atoms with Gasteiger partial charge in [-0.1, -0.05) is 54.6 Å². The molecule has 0 saturated heterocycles. The van der Waals surface area contributed by atoms with E-state index in [1.807, 2.05) is 72.5 Å². The molecule has 0 aliphatic carbocycles. The summed E-state index contributed by atoms with van der Waals surface area (Å²) < 4.78 is 5.46. The first kappa shape index (κ1) is 23.5. The highest BCUT2D eigenvalue weighted by atomic mass is 16.5. The van der Waals surface area contributed by atoms with Crippen LogP contribution in [-0.2, 0) is 11.2 Å². The molecule has 6 heteroatoms. The fourth-order valence-electron chi connectivity index (χ4n) is 4.21. The molecule has 0 fully saturated rings. The Balaban J connectivity index is 1.43. The highest BCUT2D eigenvalue weighted by molar-refractivity contribution is 5.99. The average molecular weight is 458 g/mol. The van der Waals surface area contributed by atoms with Gasteiger partial charge >= 0.3 is 0 Å². The third-order valence-corrected chi connectivity index (χ3v) is 5.92. The van der Waals surface area contributed by atoms with Crippen molar-refractivity contribution >= 4 is 17.5 Å². The lowest BCUT2D eigenvalue weighted by Crippen LogP contribution is -2.33. The van der Waals surface area contributed by atoms with E-state index < -0.39 is 0 Å². The molecule has 1 heterocycles. The Morgan fingerprint density at radius 1 is 1.00 bits per heavy atom. The van der Waals surface area contributed by atoms with Gasteiger partial charge in [-0.05, 0) is 49.6 Å². The van der Waals surface area contributed by atoms with Gasteiger partial charge in [0.25, 0.3) is 11.8 Å². The van der Waals surface area contributed by atoms with Gasteiger partial charge in [0.05, 0.1) is 0 Å². The molecule has 2 N–H and O–H groups in total. The summed E-state index contributed by atoms with van der Waals surface area (Å²) >= 11 is 0. The van der Waals surface area contributed by atoms with Crippen LogP contribution in [0.15, 0.2) is 78.9 Å². The van der Waals surface area contributed by atoms with Crippen molar-refractivity contribution in [2.45, 2.75) is 25.9 Å². The normalized spacial score (nSPS) is 14.7. The van der Waals surface area contributed by atoms with Gasteiger partial charge in [0.1, 0.15) is 6.17 Å². The first-order chi connectivity index (χ1) is 16.7. The van der Waals surface area contributed by atoms with Crippen molar-refractivity contribution in [2.24, 2.45) is 0 Å². The van der Waals surface area contributed by atoms with Gasteiger partial charge in [-0.15, -0.1) is 0 Å². The summed E-state index contributed by atoms with van der Waals surface area (Å²) in [7, 11) is 0. The molecule has 176 valence electrons. The third-order valence-electron chi connectivity index (χ3n) is 5.92. The minimum absolute atomic E-state index is 0.0133. The largest absolute Gasteiger partial charge is 0.382 e. The van der Waals surface area contributed by atoms with Gasteiger partial charge in [-0.3, -0.25) is 9.59 Å². The van der Waals surface area contributed by atoms with Crippen LogP contribution in [0, 0.1) is 0 Å². The number of fused-ring (bicyclic) bond motifs is 1. The van der Waals surface area contributed by atoms with E-state index in [9.17, 15) is 9.59 Å². The molecule has 6 nitrogen and oxygen atoms in total. The fourth-order valence-corrected chi connectivity index (χ4v) is 4.21. The number of carbonyl (C=O) groups is 2. The van der Waals surface area contributed by atoms with Crippen molar-refractivity contribution < 1.29 is 14.3 Å². The number of ether oxygens (including phenoxy) is 1. The van der Waals surface area contributed by atoms with E-state index in [4.69, 9.17) is 4.74 Å². The first-order valence-corrected chi connectivity index (χ1v) is 11.8. The van der Waals surface area contributed by atoms with Crippen LogP contribution in [0.25, 0.3) is 0 Å². The molecule has 2 amide bonds. The fraction of sp³-hybridized carbons (Fsp3) is 0.286. The maximum atomic E-state index is 13.1. The molecule has 3 aromatic carbocycles. The van der Waals surface area contributed by atoms with Crippen LogP contribution in [0.1, 0.15) is 51.4 Å². The monoisotopic (exact) mass is 457 g/mol. The second-order valence-corrected chi connectivity index (χ2v) is 8.26. The predicted molar refractivity (Wildman–Crippen MR) is 134 cm³/mol. The van der Waals surface area contributed by atoms with Gasteiger partial charge in [-0.2, -0.15) is 0 Å². The average Bonchev–Trinajstić information content (AvgIpc) is 3.13. The van der Waals surface area contributed by atoms with E-state index in [0.29, 0.717) is 37.4 Å². The highest BCUT2D eigenvalue weighted by Gasteiger charge is 2.36. The number of rotatable bonds is 11. The van der Waals surface area contributed by atoms with E-state index in [2.05, 4.69) is 22.8 Å². The molecule has 0 bridgehead atoms. The number of hydrogen-bond acceptors (Lipinski definition) is 4. The summed E-state index contributed by atoms with van der Waals surface area (Å²) in [6.07, 6.45) is 1.25. The van der Waals surface area contributed by atoms with E-state index in [1.54, 1.807) is 6.07 Å². The number of amides is 2. The Kier molecular flexibility index (Phi) is 7.94. The number of anilines is 1. The molecule has 4 rings (SSSR count). The molecular weight excluding hydrogens is 426 g/mol. The molecule has 3 aromatic rings. The van der Waals surface area contributed by atoms with E-state index in [1.165, 1.54) is 5.56 Å². The van der Waals surface area contributed by atoms with Crippen molar-refractivity contribution in [1.29, 1.82) is 0 Å². The van der Waals surface area contributed by atoms with Gasteiger partial charge in [0.2, 0.25) is 0 Å². The standard InChI is InChI=1S/C28H31N3O3/c1-2-34-19-9-18-31-26(24-14-6-7-15-25(24)28(31)33)30-23-13-8-12-22(20-23)27(32)29-17-16-21-10-4-3-5-11-21/h3-8,10-15,20,26,30H,2,9,16-19H2,1H3,(H,29,32). The van der Waals surface area contributed by atoms with Crippen molar-refractivity contribution in [3.8, 4) is 0 Å². The lowest BCUT2D eigenvalue weighted by atomic mass is 10.1. The van der Waals surface area contributed by atoms with E-state index in [-0.39, 0.29) is 18.0 Å². The number of nitrogens with one attached hydrogen (secondary N) is 2. The molecule has 1 unspecified atom stereocenters. The molecule has 0 aromatic heterocycles. The maximum Gasteiger partial charge on any atom is 0.256 e. The Morgan fingerprint density at radius 3 is 2.62 bits per heavy atom. The minimum atomic E-state index is -0.290. The summed E-state index contributed by atoms with van der Waals surface area (Å²) in [6.45, 7) is 4.40. The predicted octanol–water partition coefficient (Wildman–Crippen LogP) is 4.65. The third kappa shape index (κ3) is 5.64. The van der Waals surface area contributed by atoms with Crippen LogP contribution in [0.3, 0.4) is 0 Å². The zero-order chi connectivity index (χ0) is 23.8. The molecule has 34 heavy (non-hydrogen) atoms. The van der Waals surface area contributed by atoms with E-state index >= 15 is 0 Å². The quantitative estimate of drug-likeness (QED) is 0.411. The van der Waals surface area contributed by atoms with Gasteiger partial charge in [0, 0.05) is 48.7 Å². The van der Waals surface area contributed by atoms with Gasteiger partial charge in [0.15, 0.2) is 0 Å². The molecule has 1 aliphatic rings. The Bertz CT molecular complexity index is 1120. The molecule has 1 aliphatic heterocycles. The molecular formula is C28H31N3O3. The first-order valence-electron chi connectivity index (χ1n) is 11.8. The second-order valence-electron chi connectivity index (χ2n) is 8.26. The SMILES string of the molecule is CCOCCCN1C(=O)c2ccccc2C1Nc1cccc(C(=O)NCCc2ccccc2)c1. The van der Waals surface area contributed by atoms with E-state index in [0.717, 1.165) is 24.1 Å². The van der Waals surface area contributed by atoms with Crippen LogP contribution in [0.5, 0.6) is 0 Å². The molecule has 0 radical (unpaired) electrons. The molecule has 0 spiro atoms.